The van der Waals surface area contributed by atoms with Crippen LogP contribution in [-0.2, 0) is 4.84 Å². The molecular formula is C9H18N2O3. The van der Waals surface area contributed by atoms with Crippen LogP contribution in [0.15, 0.2) is 0 Å². The first-order chi connectivity index (χ1) is 6.74. The first-order valence-electron chi connectivity index (χ1n) is 5.10. The second kappa shape index (κ2) is 5.82. The molecule has 0 aromatic carbocycles. The van der Waals surface area contributed by atoms with Gasteiger partial charge in [-0.25, -0.2) is 10.3 Å². The number of amides is 2. The van der Waals surface area contributed by atoms with Gasteiger partial charge < -0.3 is 10.4 Å². The molecule has 1 rings (SSSR count). The van der Waals surface area contributed by atoms with Gasteiger partial charge in [0.05, 0.1) is 18.8 Å². The summed E-state index contributed by atoms with van der Waals surface area (Å²) in [6.07, 6.45) is 3.26. The van der Waals surface area contributed by atoms with Crippen LogP contribution in [0.5, 0.6) is 0 Å². The van der Waals surface area contributed by atoms with Crippen LogP contribution in [0.1, 0.15) is 32.6 Å². The van der Waals surface area contributed by atoms with Crippen molar-refractivity contribution in [1.82, 2.24) is 10.8 Å². The summed E-state index contributed by atoms with van der Waals surface area (Å²) in [5.41, 5.74) is 2.24. The number of aliphatic hydroxyl groups excluding tert-OH is 1. The lowest BCUT2D eigenvalue weighted by Gasteiger charge is -2.28. The van der Waals surface area contributed by atoms with Gasteiger partial charge in [-0.05, 0) is 19.8 Å². The lowest BCUT2D eigenvalue weighted by atomic mass is 9.93. The number of hydrogen-bond donors (Lipinski definition) is 3. The Labute approximate surface area is 83.8 Å². The molecule has 1 fully saturated rings. The molecular weight excluding hydrogens is 184 g/mol. The molecule has 0 radical (unpaired) electrons. The number of aliphatic hydroxyl groups is 1. The van der Waals surface area contributed by atoms with Gasteiger partial charge in [-0.15, -0.1) is 0 Å². The number of nitrogens with one attached hydrogen (secondary N) is 2. The van der Waals surface area contributed by atoms with Crippen molar-refractivity contribution < 1.29 is 14.7 Å². The van der Waals surface area contributed by atoms with Gasteiger partial charge in [0.2, 0.25) is 0 Å². The minimum atomic E-state index is -0.420. The molecule has 14 heavy (non-hydrogen) atoms. The van der Waals surface area contributed by atoms with E-state index in [1.54, 1.807) is 6.92 Å². The van der Waals surface area contributed by atoms with Gasteiger partial charge in [-0.3, -0.25) is 4.84 Å². The molecule has 0 aromatic rings. The highest BCUT2D eigenvalue weighted by molar-refractivity contribution is 5.73. The van der Waals surface area contributed by atoms with Crippen LogP contribution < -0.4 is 10.8 Å². The summed E-state index contributed by atoms with van der Waals surface area (Å²) in [5, 5.41) is 12.2. The summed E-state index contributed by atoms with van der Waals surface area (Å²) in [4.78, 5) is 15.9. The second-order valence-electron chi connectivity index (χ2n) is 3.47. The van der Waals surface area contributed by atoms with Crippen LogP contribution in [0.4, 0.5) is 4.79 Å². The van der Waals surface area contributed by atoms with E-state index in [4.69, 9.17) is 4.84 Å². The molecule has 1 saturated carbocycles. The van der Waals surface area contributed by atoms with Gasteiger partial charge in [0.25, 0.3) is 0 Å². The quantitative estimate of drug-likeness (QED) is 0.585. The standard InChI is InChI=1S/C9H18N2O3/c1-2-14-11-9(13)10-7-5-3-4-6-8(7)12/h7-8,12H,2-6H2,1H3,(H2,10,11,13)/t7-,8-/m1/s1. The molecule has 82 valence electrons. The number of urea groups is 1. The molecule has 5 nitrogen and oxygen atoms in total. The number of carbonyl (C=O) groups is 1. The molecule has 5 heteroatoms. The second-order valence-corrected chi connectivity index (χ2v) is 3.47. The van der Waals surface area contributed by atoms with Crippen molar-refractivity contribution in [2.24, 2.45) is 0 Å². The molecule has 0 heterocycles. The Balaban J connectivity index is 2.23. The molecule has 0 bridgehead atoms. The molecule has 2 amide bonds. The molecule has 0 aromatic heterocycles. The van der Waals surface area contributed by atoms with Crippen molar-refractivity contribution in [3.05, 3.63) is 0 Å². The first-order valence-corrected chi connectivity index (χ1v) is 5.10. The van der Waals surface area contributed by atoms with Crippen molar-refractivity contribution in [2.45, 2.75) is 44.8 Å². The van der Waals surface area contributed by atoms with Crippen molar-refractivity contribution in [2.75, 3.05) is 6.61 Å². The van der Waals surface area contributed by atoms with Gasteiger partial charge in [0, 0.05) is 0 Å². The van der Waals surface area contributed by atoms with Crippen LogP contribution in [0.2, 0.25) is 0 Å². The monoisotopic (exact) mass is 202 g/mol. The fourth-order valence-electron chi connectivity index (χ4n) is 1.62. The average molecular weight is 202 g/mol. The van der Waals surface area contributed by atoms with Crippen LogP contribution in [0.25, 0.3) is 0 Å². The maximum atomic E-state index is 11.2. The molecule has 1 aliphatic rings. The molecule has 0 aliphatic heterocycles. The Kier molecular flexibility index (Phi) is 4.69. The highest BCUT2D eigenvalue weighted by Gasteiger charge is 2.24. The van der Waals surface area contributed by atoms with E-state index in [-0.39, 0.29) is 12.1 Å². The van der Waals surface area contributed by atoms with Gasteiger partial charge in [0.15, 0.2) is 0 Å². The number of hydroxylamine groups is 1. The molecule has 2 atom stereocenters. The Morgan fingerprint density at radius 1 is 1.50 bits per heavy atom. The molecule has 0 spiro atoms. The van der Waals surface area contributed by atoms with Crippen molar-refractivity contribution >= 4 is 6.03 Å². The first kappa shape index (κ1) is 11.3. The fourth-order valence-corrected chi connectivity index (χ4v) is 1.62. The molecule has 0 unspecified atom stereocenters. The summed E-state index contributed by atoms with van der Waals surface area (Å²) in [7, 11) is 0. The molecule has 1 aliphatic carbocycles. The third-order valence-electron chi connectivity index (χ3n) is 2.36. The molecule has 3 N–H and O–H groups in total. The fraction of sp³-hybridized carbons (Fsp3) is 0.889. The summed E-state index contributed by atoms with van der Waals surface area (Å²) < 4.78 is 0. The van der Waals surface area contributed by atoms with Gasteiger partial charge in [0.1, 0.15) is 0 Å². The van der Waals surface area contributed by atoms with E-state index in [2.05, 4.69) is 10.8 Å². The normalized spacial score (nSPS) is 27.0. The van der Waals surface area contributed by atoms with E-state index in [1.165, 1.54) is 0 Å². The zero-order valence-corrected chi connectivity index (χ0v) is 8.45. The zero-order valence-electron chi connectivity index (χ0n) is 8.45. The average Bonchev–Trinajstić information content (AvgIpc) is 2.18. The summed E-state index contributed by atoms with van der Waals surface area (Å²) >= 11 is 0. The Morgan fingerprint density at radius 3 is 2.86 bits per heavy atom. The van der Waals surface area contributed by atoms with Crippen molar-refractivity contribution in [1.29, 1.82) is 0 Å². The van der Waals surface area contributed by atoms with E-state index in [0.29, 0.717) is 6.61 Å². The van der Waals surface area contributed by atoms with E-state index in [1.807, 2.05) is 0 Å². The van der Waals surface area contributed by atoms with Crippen LogP contribution in [0, 0.1) is 0 Å². The minimum absolute atomic E-state index is 0.135. The van der Waals surface area contributed by atoms with E-state index < -0.39 is 6.10 Å². The number of rotatable bonds is 3. The van der Waals surface area contributed by atoms with Crippen LogP contribution >= 0.6 is 0 Å². The third-order valence-corrected chi connectivity index (χ3v) is 2.36. The van der Waals surface area contributed by atoms with Crippen molar-refractivity contribution in [3.8, 4) is 0 Å². The van der Waals surface area contributed by atoms with Crippen molar-refractivity contribution in [3.63, 3.8) is 0 Å². The van der Waals surface area contributed by atoms with Crippen LogP contribution in [0.3, 0.4) is 0 Å². The van der Waals surface area contributed by atoms with E-state index >= 15 is 0 Å². The summed E-state index contributed by atoms with van der Waals surface area (Å²) in [5.74, 6) is 0. The van der Waals surface area contributed by atoms with E-state index in [0.717, 1.165) is 25.7 Å². The highest BCUT2D eigenvalue weighted by Crippen LogP contribution is 2.17. The number of carbonyl (C=O) groups excluding carboxylic acids is 1. The smallest absolute Gasteiger partial charge is 0.339 e. The maximum Gasteiger partial charge on any atom is 0.339 e. The predicted octanol–water partition coefficient (Wildman–Crippen LogP) is 0.541. The highest BCUT2D eigenvalue weighted by atomic mass is 16.7. The van der Waals surface area contributed by atoms with Crippen LogP contribution in [-0.4, -0.2) is 29.9 Å². The minimum Gasteiger partial charge on any atom is -0.391 e. The predicted molar refractivity (Wildman–Crippen MR) is 51.6 cm³/mol. The lowest BCUT2D eigenvalue weighted by molar-refractivity contribution is 0.0583. The lowest BCUT2D eigenvalue weighted by Crippen LogP contribution is -2.48. The molecule has 0 saturated heterocycles. The maximum absolute atomic E-state index is 11.2. The SMILES string of the molecule is CCONC(=O)N[C@@H]1CCCC[C@H]1O. The zero-order chi connectivity index (χ0) is 10.4. The van der Waals surface area contributed by atoms with Gasteiger partial charge in [-0.1, -0.05) is 12.8 Å². The Morgan fingerprint density at radius 2 is 2.21 bits per heavy atom. The largest absolute Gasteiger partial charge is 0.391 e. The Bertz CT molecular complexity index is 187. The summed E-state index contributed by atoms with van der Waals surface area (Å²) in [6, 6.07) is -0.512. The topological polar surface area (TPSA) is 70.6 Å². The number of hydrogen-bond acceptors (Lipinski definition) is 3. The van der Waals surface area contributed by atoms with Gasteiger partial charge >= 0.3 is 6.03 Å². The third kappa shape index (κ3) is 3.51. The van der Waals surface area contributed by atoms with Gasteiger partial charge in [-0.2, -0.15) is 0 Å². The van der Waals surface area contributed by atoms with E-state index in [9.17, 15) is 9.90 Å². The summed E-state index contributed by atoms with van der Waals surface area (Å²) in [6.45, 7) is 2.22. The Hall–Kier alpha value is -0.810.